The lowest BCUT2D eigenvalue weighted by Crippen LogP contribution is -2.13. The number of halogens is 1. The molecule has 0 aliphatic rings. The lowest BCUT2D eigenvalue weighted by molar-refractivity contribution is 0.354. The van der Waals surface area contributed by atoms with Gasteiger partial charge in [0.15, 0.2) is 0 Å². The van der Waals surface area contributed by atoms with Crippen LogP contribution in [0.25, 0.3) is 11.4 Å². The maximum absolute atomic E-state index is 13.2. The molecule has 0 spiro atoms. The molecule has 2 aromatic carbocycles. The van der Waals surface area contributed by atoms with Crippen molar-refractivity contribution >= 4 is 0 Å². The number of benzene rings is 2. The second kappa shape index (κ2) is 5.85. The van der Waals surface area contributed by atoms with E-state index in [0.717, 1.165) is 5.56 Å². The summed E-state index contributed by atoms with van der Waals surface area (Å²) in [6.45, 7) is 0. The van der Waals surface area contributed by atoms with Gasteiger partial charge in [0.05, 0.1) is 6.04 Å². The van der Waals surface area contributed by atoms with E-state index in [0.29, 0.717) is 23.7 Å². The van der Waals surface area contributed by atoms with Gasteiger partial charge in [-0.15, -0.1) is 0 Å². The minimum Gasteiger partial charge on any atom is -0.337 e. The van der Waals surface area contributed by atoms with Crippen molar-refractivity contribution in [2.24, 2.45) is 5.73 Å². The maximum Gasteiger partial charge on any atom is 0.244 e. The Kier molecular flexibility index (Phi) is 3.75. The van der Waals surface area contributed by atoms with Crippen LogP contribution in [0.4, 0.5) is 4.39 Å². The average molecular weight is 283 g/mol. The Morgan fingerprint density at radius 1 is 1.10 bits per heavy atom. The fraction of sp³-hybridized carbons (Fsp3) is 0.125. The van der Waals surface area contributed by atoms with Gasteiger partial charge in [0.25, 0.3) is 0 Å². The number of rotatable bonds is 4. The first-order chi connectivity index (χ1) is 10.2. The Hall–Kier alpha value is -2.53. The number of hydrogen-bond donors (Lipinski definition) is 1. The summed E-state index contributed by atoms with van der Waals surface area (Å²) in [4.78, 5) is 4.25. The summed E-state index contributed by atoms with van der Waals surface area (Å²) in [6.07, 6.45) is 0.603. The van der Waals surface area contributed by atoms with E-state index in [1.165, 1.54) is 12.1 Å². The summed E-state index contributed by atoms with van der Waals surface area (Å²) >= 11 is 0. The monoisotopic (exact) mass is 283 g/mol. The molecule has 0 saturated carbocycles. The van der Waals surface area contributed by atoms with Crippen molar-refractivity contribution in [1.29, 1.82) is 0 Å². The van der Waals surface area contributed by atoms with Gasteiger partial charge in [-0.2, -0.15) is 4.98 Å². The Morgan fingerprint density at radius 3 is 2.67 bits per heavy atom. The molecular formula is C16H14FN3O. The second-order valence-corrected chi connectivity index (χ2v) is 4.76. The molecule has 0 amide bonds. The summed E-state index contributed by atoms with van der Waals surface area (Å²) in [5, 5.41) is 3.86. The van der Waals surface area contributed by atoms with E-state index in [1.807, 2.05) is 30.3 Å². The van der Waals surface area contributed by atoms with Crippen LogP contribution >= 0.6 is 0 Å². The number of nitrogens with zero attached hydrogens (tertiary/aromatic N) is 2. The molecule has 21 heavy (non-hydrogen) atoms. The molecular weight excluding hydrogens is 269 g/mol. The molecule has 0 bridgehead atoms. The zero-order valence-electron chi connectivity index (χ0n) is 11.2. The molecule has 0 fully saturated rings. The first kappa shape index (κ1) is 13.5. The molecule has 2 N–H and O–H groups in total. The molecule has 3 rings (SSSR count). The van der Waals surface area contributed by atoms with Crippen LogP contribution in [0.2, 0.25) is 0 Å². The summed E-state index contributed by atoms with van der Waals surface area (Å²) < 4.78 is 18.4. The molecule has 3 aromatic rings. The normalized spacial score (nSPS) is 12.3. The topological polar surface area (TPSA) is 64.9 Å². The van der Waals surface area contributed by atoms with Crippen LogP contribution < -0.4 is 5.73 Å². The first-order valence-electron chi connectivity index (χ1n) is 6.61. The van der Waals surface area contributed by atoms with Crippen molar-refractivity contribution in [2.45, 2.75) is 12.5 Å². The minimum absolute atomic E-state index is 0.340. The third-order valence-corrected chi connectivity index (χ3v) is 3.14. The largest absolute Gasteiger partial charge is 0.337 e. The van der Waals surface area contributed by atoms with Crippen molar-refractivity contribution in [3.05, 3.63) is 71.9 Å². The van der Waals surface area contributed by atoms with E-state index in [-0.39, 0.29) is 11.9 Å². The molecule has 4 nitrogen and oxygen atoms in total. The lowest BCUT2D eigenvalue weighted by Gasteiger charge is -2.05. The second-order valence-electron chi connectivity index (χ2n) is 4.76. The van der Waals surface area contributed by atoms with Crippen LogP contribution in [-0.4, -0.2) is 10.1 Å². The van der Waals surface area contributed by atoms with Crippen LogP contribution in [0.15, 0.2) is 59.1 Å². The Balaban J connectivity index is 1.78. The van der Waals surface area contributed by atoms with E-state index in [4.69, 9.17) is 10.3 Å². The molecule has 0 unspecified atom stereocenters. The van der Waals surface area contributed by atoms with E-state index >= 15 is 0 Å². The van der Waals surface area contributed by atoms with Gasteiger partial charge in [-0.1, -0.05) is 47.6 Å². The Morgan fingerprint density at radius 2 is 1.90 bits per heavy atom. The third-order valence-electron chi connectivity index (χ3n) is 3.14. The van der Waals surface area contributed by atoms with Gasteiger partial charge in [0.2, 0.25) is 11.7 Å². The van der Waals surface area contributed by atoms with Crippen LogP contribution in [0.3, 0.4) is 0 Å². The number of aromatic nitrogens is 2. The molecule has 0 aliphatic carbocycles. The Bertz CT molecular complexity index is 727. The number of nitrogens with two attached hydrogens (primary N) is 1. The SMILES string of the molecule is N[C@H](Cc1ccccc1)c1nc(-c2cccc(F)c2)no1. The zero-order chi connectivity index (χ0) is 14.7. The van der Waals surface area contributed by atoms with E-state index in [2.05, 4.69) is 10.1 Å². The van der Waals surface area contributed by atoms with Crippen LogP contribution in [0, 0.1) is 5.82 Å². The van der Waals surface area contributed by atoms with Crippen LogP contribution in [0.1, 0.15) is 17.5 Å². The maximum atomic E-state index is 13.2. The van der Waals surface area contributed by atoms with Gasteiger partial charge in [0.1, 0.15) is 5.82 Å². The van der Waals surface area contributed by atoms with Gasteiger partial charge in [-0.05, 0) is 24.1 Å². The summed E-state index contributed by atoms with van der Waals surface area (Å²) in [5.41, 5.74) is 7.74. The third kappa shape index (κ3) is 3.14. The molecule has 0 saturated heterocycles. The molecule has 1 atom stereocenters. The number of hydrogen-bond acceptors (Lipinski definition) is 4. The van der Waals surface area contributed by atoms with Crippen molar-refractivity contribution < 1.29 is 8.91 Å². The molecule has 5 heteroatoms. The molecule has 0 aliphatic heterocycles. The highest BCUT2D eigenvalue weighted by Crippen LogP contribution is 2.20. The fourth-order valence-corrected chi connectivity index (χ4v) is 2.09. The summed E-state index contributed by atoms with van der Waals surface area (Å²) in [7, 11) is 0. The highest BCUT2D eigenvalue weighted by Gasteiger charge is 2.16. The fourth-order valence-electron chi connectivity index (χ4n) is 2.09. The van der Waals surface area contributed by atoms with Crippen molar-refractivity contribution in [1.82, 2.24) is 10.1 Å². The van der Waals surface area contributed by atoms with Gasteiger partial charge in [-0.25, -0.2) is 4.39 Å². The highest BCUT2D eigenvalue weighted by molar-refractivity contribution is 5.53. The van der Waals surface area contributed by atoms with E-state index < -0.39 is 0 Å². The average Bonchev–Trinajstić information content (AvgIpc) is 2.98. The van der Waals surface area contributed by atoms with Gasteiger partial charge < -0.3 is 10.3 Å². The van der Waals surface area contributed by atoms with Gasteiger partial charge in [-0.3, -0.25) is 0 Å². The molecule has 0 radical (unpaired) electrons. The van der Waals surface area contributed by atoms with Gasteiger partial charge >= 0.3 is 0 Å². The van der Waals surface area contributed by atoms with Crippen molar-refractivity contribution in [3.63, 3.8) is 0 Å². The van der Waals surface area contributed by atoms with E-state index in [9.17, 15) is 4.39 Å². The highest BCUT2D eigenvalue weighted by atomic mass is 19.1. The first-order valence-corrected chi connectivity index (χ1v) is 6.61. The zero-order valence-corrected chi connectivity index (χ0v) is 11.2. The van der Waals surface area contributed by atoms with Crippen molar-refractivity contribution in [3.8, 4) is 11.4 Å². The Labute approximate surface area is 121 Å². The standard InChI is InChI=1S/C16H14FN3O/c17-13-8-4-7-12(10-13)15-19-16(21-20-15)14(18)9-11-5-2-1-3-6-11/h1-8,10,14H,9,18H2/t14-/m1/s1. The summed E-state index contributed by atoms with van der Waals surface area (Å²) in [6, 6.07) is 15.5. The minimum atomic E-state index is -0.387. The van der Waals surface area contributed by atoms with Gasteiger partial charge in [0, 0.05) is 5.56 Å². The quantitative estimate of drug-likeness (QED) is 0.799. The van der Waals surface area contributed by atoms with Crippen molar-refractivity contribution in [2.75, 3.05) is 0 Å². The van der Waals surface area contributed by atoms with E-state index in [1.54, 1.807) is 12.1 Å². The molecule has 106 valence electrons. The predicted octanol–water partition coefficient (Wildman–Crippen LogP) is 3.12. The smallest absolute Gasteiger partial charge is 0.244 e. The van der Waals surface area contributed by atoms with Crippen LogP contribution in [-0.2, 0) is 6.42 Å². The molecule has 1 aromatic heterocycles. The van der Waals surface area contributed by atoms with Crippen LogP contribution in [0.5, 0.6) is 0 Å². The summed E-state index contributed by atoms with van der Waals surface area (Å²) in [5.74, 6) is 0.346. The predicted molar refractivity (Wildman–Crippen MR) is 76.8 cm³/mol. The lowest BCUT2D eigenvalue weighted by atomic mass is 10.1. The molecule has 1 heterocycles.